The van der Waals surface area contributed by atoms with E-state index in [2.05, 4.69) is 62.4 Å². The fourth-order valence-electron chi connectivity index (χ4n) is 7.23. The van der Waals surface area contributed by atoms with Crippen LogP contribution in [0.15, 0.2) is 158 Å². The van der Waals surface area contributed by atoms with E-state index in [0.29, 0.717) is 28.9 Å². The molecule has 6 aromatic carbocycles. The Morgan fingerprint density at radius 1 is 0.415 bits per heavy atom. The summed E-state index contributed by atoms with van der Waals surface area (Å²) in [6.07, 6.45) is 3.76. The van der Waals surface area contributed by atoms with Gasteiger partial charge in [-0.25, -0.2) is 24.9 Å². The number of benzene rings is 6. The van der Waals surface area contributed by atoms with E-state index in [1.54, 1.807) is 0 Å². The Bertz CT molecular complexity index is 2620. The van der Waals surface area contributed by atoms with Gasteiger partial charge in [-0.15, -0.1) is 0 Å². The molecule has 6 heteroatoms. The molecule has 53 heavy (non-hydrogen) atoms. The Morgan fingerprint density at radius 3 is 1.42 bits per heavy atom. The summed E-state index contributed by atoms with van der Waals surface area (Å²) in [5, 5.41) is 9.65. The van der Waals surface area contributed by atoms with Crippen molar-refractivity contribution >= 4 is 0 Å². The van der Waals surface area contributed by atoms with E-state index in [9.17, 15) is 5.26 Å². The average Bonchev–Trinajstić information content (AvgIpc) is 3.46. The Balaban J connectivity index is 1.22. The van der Waals surface area contributed by atoms with Gasteiger partial charge in [0.1, 0.15) is 0 Å². The van der Waals surface area contributed by atoms with Crippen molar-refractivity contribution in [2.75, 3.05) is 0 Å². The monoisotopic (exact) mass is 680 g/mol. The molecular weight excluding hydrogens is 649 g/mol. The number of fused-ring (bicyclic) bond motifs is 3. The number of hydrogen-bond acceptors (Lipinski definition) is 6. The van der Waals surface area contributed by atoms with E-state index in [1.165, 1.54) is 22.3 Å². The zero-order valence-electron chi connectivity index (χ0n) is 29.2. The Kier molecular flexibility index (Phi) is 7.75. The summed E-state index contributed by atoms with van der Waals surface area (Å²) in [6.45, 7) is 4.47. The van der Waals surface area contributed by atoms with Crippen molar-refractivity contribution in [1.82, 2.24) is 24.9 Å². The predicted octanol–water partition coefficient (Wildman–Crippen LogP) is 10.8. The second kappa shape index (κ2) is 12.9. The van der Waals surface area contributed by atoms with Crippen LogP contribution >= 0.6 is 0 Å². The number of aromatic nitrogens is 5. The van der Waals surface area contributed by atoms with Crippen LogP contribution < -0.4 is 0 Å². The molecule has 0 fully saturated rings. The first kappa shape index (κ1) is 31.9. The fourth-order valence-corrected chi connectivity index (χ4v) is 7.23. The van der Waals surface area contributed by atoms with Crippen molar-refractivity contribution in [1.29, 1.82) is 5.26 Å². The van der Waals surface area contributed by atoms with Crippen LogP contribution in [-0.2, 0) is 5.41 Å². The zero-order chi connectivity index (χ0) is 35.9. The molecule has 0 saturated heterocycles. The third kappa shape index (κ3) is 5.85. The fraction of sp³-hybridized carbons (Fsp3) is 0.0638. The minimum absolute atomic E-state index is 0.279. The largest absolute Gasteiger partial charge is 0.236 e. The Morgan fingerprint density at radius 2 is 0.868 bits per heavy atom. The third-order valence-electron chi connectivity index (χ3n) is 10.0. The van der Waals surface area contributed by atoms with Crippen molar-refractivity contribution in [3.05, 3.63) is 175 Å². The van der Waals surface area contributed by atoms with Gasteiger partial charge in [-0.2, -0.15) is 5.26 Å². The van der Waals surface area contributed by atoms with E-state index in [1.807, 2.05) is 116 Å². The molecule has 2 heterocycles. The number of nitriles is 1. The molecule has 0 amide bonds. The molecule has 0 radical (unpaired) electrons. The van der Waals surface area contributed by atoms with Crippen molar-refractivity contribution in [2.45, 2.75) is 19.3 Å². The first-order valence-corrected chi connectivity index (χ1v) is 17.5. The maximum absolute atomic E-state index is 9.65. The molecule has 0 aliphatic heterocycles. The highest BCUT2D eigenvalue weighted by Crippen LogP contribution is 2.50. The quantitative estimate of drug-likeness (QED) is 0.174. The molecule has 2 aromatic heterocycles. The molecule has 250 valence electrons. The lowest BCUT2D eigenvalue weighted by Gasteiger charge is -2.22. The van der Waals surface area contributed by atoms with E-state index in [4.69, 9.17) is 24.9 Å². The van der Waals surface area contributed by atoms with Crippen molar-refractivity contribution in [3.63, 3.8) is 0 Å². The first-order chi connectivity index (χ1) is 25.9. The predicted molar refractivity (Wildman–Crippen MR) is 210 cm³/mol. The lowest BCUT2D eigenvalue weighted by atomic mass is 9.81. The van der Waals surface area contributed by atoms with E-state index >= 15 is 0 Å². The Hall–Kier alpha value is -7.10. The van der Waals surface area contributed by atoms with Crippen molar-refractivity contribution < 1.29 is 0 Å². The second-order valence-electron chi connectivity index (χ2n) is 13.8. The maximum atomic E-state index is 9.65. The van der Waals surface area contributed by atoms with Gasteiger partial charge in [-0.1, -0.05) is 123 Å². The normalized spacial score (nSPS) is 12.5. The minimum Gasteiger partial charge on any atom is -0.236 e. The van der Waals surface area contributed by atoms with Crippen LogP contribution in [0, 0.1) is 11.3 Å². The summed E-state index contributed by atoms with van der Waals surface area (Å²) in [5.41, 5.74) is 12.7. The third-order valence-corrected chi connectivity index (χ3v) is 10.0. The summed E-state index contributed by atoms with van der Waals surface area (Å²) < 4.78 is 0. The molecule has 6 nitrogen and oxygen atoms in total. The van der Waals surface area contributed by atoms with Crippen LogP contribution in [-0.4, -0.2) is 24.9 Å². The summed E-state index contributed by atoms with van der Waals surface area (Å²) in [7, 11) is 0. The standard InChI is InChI=1S/C47H32N6/c1-47(2)41-22-30(27-48)18-20-39(41)40-21-19-34(26-42(40)47)35-23-36(38-28-49-43(50-29-38)31-12-6-3-7-13-31)25-37(24-35)46-52-44(32-14-8-4-9-15-32)51-45(53-46)33-16-10-5-11-17-33/h3-26,28-29H,1-2H3. The Labute approximate surface area is 308 Å². The zero-order valence-corrected chi connectivity index (χ0v) is 29.2. The summed E-state index contributed by atoms with van der Waals surface area (Å²) in [6, 6.07) is 51.5. The van der Waals surface area contributed by atoms with Gasteiger partial charge in [0, 0.05) is 45.6 Å². The SMILES string of the molecule is CC1(C)c2cc(C#N)ccc2-c2ccc(-c3cc(-c4cnc(-c5ccccc5)nc4)cc(-c4nc(-c5ccccc5)nc(-c5ccccc5)n4)c3)cc21. The summed E-state index contributed by atoms with van der Waals surface area (Å²) in [4.78, 5) is 24.6. The van der Waals surface area contributed by atoms with Crippen molar-refractivity contribution in [3.8, 4) is 85.0 Å². The highest BCUT2D eigenvalue weighted by Gasteiger charge is 2.36. The van der Waals surface area contributed by atoms with Crippen LogP contribution in [0.5, 0.6) is 0 Å². The molecule has 0 N–H and O–H groups in total. The summed E-state index contributed by atoms with van der Waals surface area (Å²) >= 11 is 0. The van der Waals surface area contributed by atoms with Crippen LogP contribution in [0.4, 0.5) is 0 Å². The average molecular weight is 681 g/mol. The lowest BCUT2D eigenvalue weighted by Crippen LogP contribution is -2.15. The number of nitrogens with zero attached hydrogens (tertiary/aromatic N) is 6. The van der Waals surface area contributed by atoms with Gasteiger partial charge in [-0.3, -0.25) is 0 Å². The maximum Gasteiger partial charge on any atom is 0.164 e. The number of hydrogen-bond donors (Lipinski definition) is 0. The van der Waals surface area contributed by atoms with Crippen LogP contribution in [0.3, 0.4) is 0 Å². The molecule has 0 saturated carbocycles. The van der Waals surface area contributed by atoms with Gasteiger partial charge in [0.15, 0.2) is 23.3 Å². The van der Waals surface area contributed by atoms with Crippen LogP contribution in [0.1, 0.15) is 30.5 Å². The van der Waals surface area contributed by atoms with Gasteiger partial charge in [0.05, 0.1) is 11.6 Å². The molecule has 9 rings (SSSR count). The van der Waals surface area contributed by atoms with Gasteiger partial charge >= 0.3 is 0 Å². The summed E-state index contributed by atoms with van der Waals surface area (Å²) in [5.74, 6) is 2.44. The molecule has 1 aliphatic rings. The van der Waals surface area contributed by atoms with E-state index in [0.717, 1.165) is 44.5 Å². The van der Waals surface area contributed by atoms with Gasteiger partial charge in [-0.05, 0) is 75.3 Å². The van der Waals surface area contributed by atoms with Gasteiger partial charge in [0.2, 0.25) is 0 Å². The number of rotatable bonds is 6. The highest BCUT2D eigenvalue weighted by atomic mass is 15.0. The highest BCUT2D eigenvalue weighted by molar-refractivity contribution is 5.86. The van der Waals surface area contributed by atoms with E-state index in [-0.39, 0.29) is 5.41 Å². The molecule has 0 bridgehead atoms. The molecular formula is C47H32N6. The smallest absolute Gasteiger partial charge is 0.164 e. The molecule has 1 aliphatic carbocycles. The van der Waals surface area contributed by atoms with E-state index < -0.39 is 0 Å². The van der Waals surface area contributed by atoms with Crippen LogP contribution in [0.25, 0.3) is 78.9 Å². The first-order valence-electron chi connectivity index (χ1n) is 17.5. The minimum atomic E-state index is -0.279. The van der Waals surface area contributed by atoms with Gasteiger partial charge < -0.3 is 0 Å². The van der Waals surface area contributed by atoms with Crippen LogP contribution in [0.2, 0.25) is 0 Å². The second-order valence-corrected chi connectivity index (χ2v) is 13.8. The molecule has 0 atom stereocenters. The van der Waals surface area contributed by atoms with Crippen molar-refractivity contribution in [2.24, 2.45) is 0 Å². The topological polar surface area (TPSA) is 88.2 Å². The lowest BCUT2D eigenvalue weighted by molar-refractivity contribution is 0.660. The molecule has 8 aromatic rings. The molecule has 0 spiro atoms. The van der Waals surface area contributed by atoms with Gasteiger partial charge in [0.25, 0.3) is 0 Å². The molecule has 0 unspecified atom stereocenters.